The van der Waals surface area contributed by atoms with Crippen molar-refractivity contribution < 1.29 is 27.5 Å². The zero-order valence-electron chi connectivity index (χ0n) is 13.8. The van der Waals surface area contributed by atoms with Gasteiger partial charge in [-0.2, -0.15) is 13.2 Å². The molecule has 0 radical (unpaired) electrons. The van der Waals surface area contributed by atoms with E-state index in [0.717, 1.165) is 12.3 Å². The number of nitrogens with zero attached hydrogens (tertiary/aromatic N) is 1. The third-order valence-electron chi connectivity index (χ3n) is 3.17. The predicted octanol–water partition coefficient (Wildman–Crippen LogP) is 2.84. The number of carbonyl (C=O) groups excluding carboxylic acids is 2. The SMILES string of the molecule is O=C(NCCNC(=O)c1cnc(OCC(F)(F)F)c(Cl)c1)c1ccccc1. The van der Waals surface area contributed by atoms with Gasteiger partial charge in [0, 0.05) is 24.8 Å². The smallest absolute Gasteiger partial charge is 0.422 e. The van der Waals surface area contributed by atoms with Crippen LogP contribution in [-0.4, -0.2) is 42.7 Å². The number of amides is 2. The molecule has 2 rings (SSSR count). The molecule has 27 heavy (non-hydrogen) atoms. The molecule has 0 bridgehead atoms. The maximum atomic E-state index is 12.1. The summed E-state index contributed by atoms with van der Waals surface area (Å²) >= 11 is 5.78. The second-order valence-corrected chi connectivity index (χ2v) is 5.70. The van der Waals surface area contributed by atoms with E-state index in [0.29, 0.717) is 5.56 Å². The molecule has 0 fully saturated rings. The lowest BCUT2D eigenvalue weighted by Gasteiger charge is -2.11. The highest BCUT2D eigenvalue weighted by Gasteiger charge is 2.29. The quantitative estimate of drug-likeness (QED) is 0.699. The molecule has 2 amide bonds. The van der Waals surface area contributed by atoms with Gasteiger partial charge in [0.1, 0.15) is 5.02 Å². The number of nitrogens with one attached hydrogen (secondary N) is 2. The van der Waals surface area contributed by atoms with Crippen molar-refractivity contribution in [3.05, 3.63) is 58.7 Å². The van der Waals surface area contributed by atoms with Crippen LogP contribution in [0.15, 0.2) is 42.6 Å². The van der Waals surface area contributed by atoms with Crippen LogP contribution in [-0.2, 0) is 0 Å². The molecule has 0 spiro atoms. The van der Waals surface area contributed by atoms with Gasteiger partial charge in [-0.3, -0.25) is 9.59 Å². The molecular formula is C17H15ClF3N3O3. The summed E-state index contributed by atoms with van der Waals surface area (Å²) in [5.74, 6) is -1.23. The van der Waals surface area contributed by atoms with Gasteiger partial charge in [-0.25, -0.2) is 4.98 Å². The molecule has 144 valence electrons. The summed E-state index contributed by atoms with van der Waals surface area (Å²) in [6.07, 6.45) is -3.47. The number of aromatic nitrogens is 1. The van der Waals surface area contributed by atoms with Crippen LogP contribution in [0.1, 0.15) is 20.7 Å². The van der Waals surface area contributed by atoms with Crippen LogP contribution in [0.4, 0.5) is 13.2 Å². The summed E-state index contributed by atoms with van der Waals surface area (Å²) in [5.41, 5.74) is 0.544. The molecule has 0 aliphatic carbocycles. The molecule has 2 aromatic rings. The van der Waals surface area contributed by atoms with Crippen molar-refractivity contribution in [1.29, 1.82) is 0 Å². The van der Waals surface area contributed by atoms with Crippen molar-refractivity contribution in [2.24, 2.45) is 0 Å². The summed E-state index contributed by atoms with van der Waals surface area (Å²) in [4.78, 5) is 27.4. The number of halogens is 4. The van der Waals surface area contributed by atoms with E-state index in [1.807, 2.05) is 0 Å². The van der Waals surface area contributed by atoms with Gasteiger partial charge in [-0.1, -0.05) is 29.8 Å². The third kappa shape index (κ3) is 6.78. The van der Waals surface area contributed by atoms with E-state index in [-0.39, 0.29) is 29.6 Å². The van der Waals surface area contributed by atoms with Crippen molar-refractivity contribution in [2.45, 2.75) is 6.18 Å². The normalized spacial score (nSPS) is 11.0. The average molecular weight is 402 g/mol. The van der Waals surface area contributed by atoms with Crippen molar-refractivity contribution >= 4 is 23.4 Å². The highest BCUT2D eigenvalue weighted by Crippen LogP contribution is 2.24. The second-order valence-electron chi connectivity index (χ2n) is 5.29. The fourth-order valence-corrected chi connectivity index (χ4v) is 2.17. The Morgan fingerprint density at radius 2 is 1.63 bits per heavy atom. The maximum absolute atomic E-state index is 12.1. The summed E-state index contributed by atoms with van der Waals surface area (Å²) in [6, 6.07) is 9.72. The minimum atomic E-state index is -4.52. The number of pyridine rings is 1. The summed E-state index contributed by atoms with van der Waals surface area (Å²) in [7, 11) is 0. The van der Waals surface area contributed by atoms with E-state index in [4.69, 9.17) is 11.6 Å². The zero-order chi connectivity index (χ0) is 19.9. The highest BCUT2D eigenvalue weighted by atomic mass is 35.5. The number of hydrogen-bond acceptors (Lipinski definition) is 4. The first-order chi connectivity index (χ1) is 12.8. The topological polar surface area (TPSA) is 80.3 Å². The van der Waals surface area contributed by atoms with Crippen molar-refractivity contribution in [1.82, 2.24) is 15.6 Å². The Morgan fingerprint density at radius 1 is 1.04 bits per heavy atom. The van der Waals surface area contributed by atoms with E-state index >= 15 is 0 Å². The van der Waals surface area contributed by atoms with Crippen LogP contribution in [0.5, 0.6) is 5.88 Å². The van der Waals surface area contributed by atoms with E-state index in [1.54, 1.807) is 30.3 Å². The van der Waals surface area contributed by atoms with Crippen LogP contribution in [0, 0.1) is 0 Å². The van der Waals surface area contributed by atoms with Gasteiger partial charge in [0.05, 0.1) is 5.56 Å². The summed E-state index contributed by atoms with van der Waals surface area (Å²) in [5, 5.41) is 4.95. The lowest BCUT2D eigenvalue weighted by molar-refractivity contribution is -0.154. The van der Waals surface area contributed by atoms with Gasteiger partial charge in [0.2, 0.25) is 5.88 Å². The minimum Gasteiger partial charge on any atom is -0.467 e. The Kier molecular flexibility index (Phi) is 7.00. The van der Waals surface area contributed by atoms with Gasteiger partial charge < -0.3 is 15.4 Å². The number of carbonyl (C=O) groups is 2. The molecule has 0 saturated heterocycles. The first-order valence-electron chi connectivity index (χ1n) is 7.73. The van der Waals surface area contributed by atoms with Crippen LogP contribution < -0.4 is 15.4 Å². The summed E-state index contributed by atoms with van der Waals surface area (Å²) < 4.78 is 40.8. The largest absolute Gasteiger partial charge is 0.467 e. The van der Waals surface area contributed by atoms with Crippen molar-refractivity contribution in [3.8, 4) is 5.88 Å². The van der Waals surface area contributed by atoms with Gasteiger partial charge in [0.15, 0.2) is 6.61 Å². The maximum Gasteiger partial charge on any atom is 0.422 e. The van der Waals surface area contributed by atoms with Crippen LogP contribution >= 0.6 is 11.6 Å². The number of benzene rings is 1. The third-order valence-corrected chi connectivity index (χ3v) is 3.45. The Labute approximate surface area is 157 Å². The standard InChI is InChI=1S/C17H15ClF3N3O3/c18-13-8-12(9-24-16(13)27-10-17(19,20)21)15(26)23-7-6-22-14(25)11-4-2-1-3-5-11/h1-5,8-9H,6-7,10H2,(H,22,25)(H,23,26). The molecule has 1 aromatic carbocycles. The van der Waals surface area contributed by atoms with Crippen molar-refractivity contribution in [2.75, 3.05) is 19.7 Å². The van der Waals surface area contributed by atoms with E-state index in [1.165, 1.54) is 0 Å². The molecule has 1 aromatic heterocycles. The van der Waals surface area contributed by atoms with Gasteiger partial charge in [0.25, 0.3) is 11.8 Å². The molecule has 1 heterocycles. The summed E-state index contributed by atoms with van der Waals surface area (Å²) in [6.45, 7) is -1.21. The minimum absolute atomic E-state index is 0.0498. The first-order valence-corrected chi connectivity index (χ1v) is 8.10. The molecule has 10 heteroatoms. The first kappa shape index (κ1) is 20.5. The zero-order valence-corrected chi connectivity index (χ0v) is 14.6. The molecule has 6 nitrogen and oxygen atoms in total. The lowest BCUT2D eigenvalue weighted by Crippen LogP contribution is -2.34. The van der Waals surface area contributed by atoms with Crippen LogP contribution in [0.3, 0.4) is 0 Å². The molecule has 2 N–H and O–H groups in total. The molecule has 0 unspecified atom stereocenters. The highest BCUT2D eigenvalue weighted by molar-refractivity contribution is 6.32. The number of ether oxygens (including phenoxy) is 1. The molecule has 0 saturated carbocycles. The van der Waals surface area contributed by atoms with Crippen LogP contribution in [0.2, 0.25) is 5.02 Å². The van der Waals surface area contributed by atoms with Gasteiger partial charge in [-0.05, 0) is 18.2 Å². The fraction of sp³-hybridized carbons (Fsp3) is 0.235. The lowest BCUT2D eigenvalue weighted by atomic mass is 10.2. The molecular weight excluding hydrogens is 387 g/mol. The number of alkyl halides is 3. The Bertz CT molecular complexity index is 801. The number of rotatable bonds is 7. The Morgan fingerprint density at radius 3 is 2.19 bits per heavy atom. The number of hydrogen-bond donors (Lipinski definition) is 2. The van der Waals surface area contributed by atoms with Crippen molar-refractivity contribution in [3.63, 3.8) is 0 Å². The predicted molar refractivity (Wildman–Crippen MR) is 91.9 cm³/mol. The van der Waals surface area contributed by atoms with Gasteiger partial charge in [-0.15, -0.1) is 0 Å². The van der Waals surface area contributed by atoms with Gasteiger partial charge >= 0.3 is 6.18 Å². The van der Waals surface area contributed by atoms with E-state index in [2.05, 4.69) is 20.4 Å². The van der Waals surface area contributed by atoms with Crippen LogP contribution in [0.25, 0.3) is 0 Å². The van der Waals surface area contributed by atoms with E-state index < -0.39 is 24.6 Å². The Balaban J connectivity index is 1.80. The fourth-order valence-electron chi connectivity index (χ4n) is 1.95. The molecule has 0 atom stereocenters. The average Bonchev–Trinajstić information content (AvgIpc) is 2.63. The monoisotopic (exact) mass is 401 g/mol. The van der Waals surface area contributed by atoms with E-state index in [9.17, 15) is 22.8 Å². The molecule has 0 aliphatic rings. The Hall–Kier alpha value is -2.81. The second kappa shape index (κ2) is 9.22. The molecule has 0 aliphatic heterocycles.